The number of methoxy groups -OCH3 is 1. The molecule has 0 aromatic rings. The molecular weight excluding hydrogens is 202 g/mol. The number of ether oxygens (including phenoxy) is 1. The van der Waals surface area contributed by atoms with Gasteiger partial charge in [-0.1, -0.05) is 19.8 Å². The molecule has 0 aromatic heterocycles. The van der Waals surface area contributed by atoms with Crippen LogP contribution in [0.15, 0.2) is 0 Å². The van der Waals surface area contributed by atoms with E-state index in [-0.39, 0.29) is 12.0 Å². The summed E-state index contributed by atoms with van der Waals surface area (Å²) in [5, 5.41) is 0. The summed E-state index contributed by atoms with van der Waals surface area (Å²) < 4.78 is 4.93. The molecule has 2 rings (SSSR count). The van der Waals surface area contributed by atoms with E-state index in [1.54, 1.807) is 0 Å². The Morgan fingerprint density at radius 2 is 2.12 bits per heavy atom. The Balaban J connectivity index is 2.10. The lowest BCUT2D eigenvalue weighted by molar-refractivity contribution is -0.152. The van der Waals surface area contributed by atoms with Crippen LogP contribution in [0.5, 0.6) is 0 Å². The normalized spacial score (nSPS) is 35.5. The highest BCUT2D eigenvalue weighted by molar-refractivity contribution is 5.75. The molecule has 3 nitrogen and oxygen atoms in total. The predicted octanol–water partition coefficient (Wildman–Crippen LogP) is 2.20. The SMILES string of the molecule is CC[C@@H]1CC[C@@H](C(=O)OC)N2CCCC[C@@H]12. The topological polar surface area (TPSA) is 29.5 Å². The molecule has 0 N–H and O–H groups in total. The van der Waals surface area contributed by atoms with Crippen molar-refractivity contribution in [2.75, 3.05) is 13.7 Å². The molecule has 3 atom stereocenters. The van der Waals surface area contributed by atoms with Gasteiger partial charge in [-0.15, -0.1) is 0 Å². The van der Waals surface area contributed by atoms with Crippen LogP contribution in [0, 0.1) is 5.92 Å². The Bertz CT molecular complexity index is 254. The summed E-state index contributed by atoms with van der Waals surface area (Å²) >= 11 is 0. The van der Waals surface area contributed by atoms with Crippen LogP contribution in [0.2, 0.25) is 0 Å². The average molecular weight is 225 g/mol. The third-order valence-corrected chi connectivity index (χ3v) is 4.35. The monoisotopic (exact) mass is 225 g/mol. The van der Waals surface area contributed by atoms with E-state index >= 15 is 0 Å². The van der Waals surface area contributed by atoms with Gasteiger partial charge in [0.05, 0.1) is 7.11 Å². The Morgan fingerprint density at radius 3 is 2.81 bits per heavy atom. The maximum atomic E-state index is 11.8. The highest BCUT2D eigenvalue weighted by Crippen LogP contribution is 2.36. The lowest BCUT2D eigenvalue weighted by Crippen LogP contribution is -2.56. The quantitative estimate of drug-likeness (QED) is 0.675. The first kappa shape index (κ1) is 11.9. The number of nitrogens with zero attached hydrogens (tertiary/aromatic N) is 1. The number of hydrogen-bond acceptors (Lipinski definition) is 3. The summed E-state index contributed by atoms with van der Waals surface area (Å²) in [7, 11) is 1.51. The second-order valence-electron chi connectivity index (χ2n) is 5.09. The van der Waals surface area contributed by atoms with E-state index in [0.29, 0.717) is 6.04 Å². The van der Waals surface area contributed by atoms with E-state index in [1.165, 1.54) is 39.2 Å². The molecule has 2 aliphatic rings. The van der Waals surface area contributed by atoms with E-state index in [4.69, 9.17) is 4.74 Å². The molecule has 3 heteroatoms. The van der Waals surface area contributed by atoms with Gasteiger partial charge in [-0.3, -0.25) is 9.69 Å². The minimum Gasteiger partial charge on any atom is -0.468 e. The number of carbonyl (C=O) groups is 1. The second-order valence-corrected chi connectivity index (χ2v) is 5.09. The van der Waals surface area contributed by atoms with Gasteiger partial charge >= 0.3 is 5.97 Å². The number of fused-ring (bicyclic) bond motifs is 1. The molecule has 16 heavy (non-hydrogen) atoms. The van der Waals surface area contributed by atoms with Gasteiger partial charge in [-0.2, -0.15) is 0 Å². The third kappa shape index (κ3) is 2.10. The van der Waals surface area contributed by atoms with Crippen LogP contribution >= 0.6 is 0 Å². The third-order valence-electron chi connectivity index (χ3n) is 4.35. The van der Waals surface area contributed by atoms with E-state index in [9.17, 15) is 4.79 Å². The summed E-state index contributed by atoms with van der Waals surface area (Å²) in [5.74, 6) is 0.766. The zero-order valence-electron chi connectivity index (χ0n) is 10.4. The van der Waals surface area contributed by atoms with Crippen LogP contribution in [0.4, 0.5) is 0 Å². The molecule has 2 heterocycles. The maximum absolute atomic E-state index is 11.8. The Hall–Kier alpha value is -0.570. The smallest absolute Gasteiger partial charge is 0.323 e. The van der Waals surface area contributed by atoms with Gasteiger partial charge in [0.15, 0.2) is 0 Å². The van der Waals surface area contributed by atoms with Crippen molar-refractivity contribution in [2.45, 2.75) is 57.5 Å². The van der Waals surface area contributed by atoms with Gasteiger partial charge in [0.1, 0.15) is 6.04 Å². The standard InChI is InChI=1S/C13H23NO2/c1-3-10-7-8-12(13(15)16-2)14-9-5-4-6-11(10)14/h10-12H,3-9H2,1-2H3/t10-,11+,12+/m1/s1. The van der Waals surface area contributed by atoms with E-state index < -0.39 is 0 Å². The molecule has 0 amide bonds. The molecular formula is C13H23NO2. The van der Waals surface area contributed by atoms with Crippen molar-refractivity contribution in [1.82, 2.24) is 4.90 Å². The highest BCUT2D eigenvalue weighted by Gasteiger charge is 2.40. The van der Waals surface area contributed by atoms with Crippen molar-refractivity contribution >= 4 is 5.97 Å². The Morgan fingerprint density at radius 1 is 1.31 bits per heavy atom. The first-order valence-corrected chi connectivity index (χ1v) is 6.61. The zero-order chi connectivity index (χ0) is 11.5. The number of hydrogen-bond donors (Lipinski definition) is 0. The molecule has 0 saturated carbocycles. The molecule has 2 saturated heterocycles. The number of rotatable bonds is 2. The van der Waals surface area contributed by atoms with Crippen LogP contribution < -0.4 is 0 Å². The number of piperidine rings is 2. The van der Waals surface area contributed by atoms with E-state index in [0.717, 1.165) is 18.9 Å². The first-order chi connectivity index (χ1) is 7.77. The molecule has 0 unspecified atom stereocenters. The van der Waals surface area contributed by atoms with Crippen molar-refractivity contribution in [1.29, 1.82) is 0 Å². The van der Waals surface area contributed by atoms with Crippen LogP contribution in [-0.4, -0.2) is 36.6 Å². The molecule has 0 spiro atoms. The lowest BCUT2D eigenvalue weighted by Gasteiger charge is -2.47. The van der Waals surface area contributed by atoms with Crippen molar-refractivity contribution in [3.05, 3.63) is 0 Å². The zero-order valence-corrected chi connectivity index (χ0v) is 10.4. The molecule has 0 aliphatic carbocycles. The highest BCUT2D eigenvalue weighted by atomic mass is 16.5. The fourth-order valence-corrected chi connectivity index (χ4v) is 3.47. The van der Waals surface area contributed by atoms with Crippen LogP contribution in [0.1, 0.15) is 45.4 Å². The van der Waals surface area contributed by atoms with Gasteiger partial charge in [0.25, 0.3) is 0 Å². The van der Waals surface area contributed by atoms with Gasteiger partial charge in [-0.05, 0) is 38.1 Å². The van der Waals surface area contributed by atoms with Crippen molar-refractivity contribution in [3.63, 3.8) is 0 Å². The molecule has 0 aromatic carbocycles. The number of esters is 1. The van der Waals surface area contributed by atoms with Crippen LogP contribution in [-0.2, 0) is 9.53 Å². The Kier molecular flexibility index (Phi) is 3.85. The molecule has 92 valence electrons. The minimum absolute atomic E-state index is 0.0264. The summed E-state index contributed by atoms with van der Waals surface area (Å²) in [6, 6.07) is 0.676. The summed E-state index contributed by atoms with van der Waals surface area (Å²) in [6.45, 7) is 3.36. The fraction of sp³-hybridized carbons (Fsp3) is 0.923. The first-order valence-electron chi connectivity index (χ1n) is 6.61. The minimum atomic E-state index is -0.0264. The largest absolute Gasteiger partial charge is 0.468 e. The van der Waals surface area contributed by atoms with Crippen molar-refractivity contribution < 1.29 is 9.53 Å². The molecule has 2 aliphatic heterocycles. The van der Waals surface area contributed by atoms with Gasteiger partial charge in [0, 0.05) is 6.04 Å². The van der Waals surface area contributed by atoms with E-state index in [2.05, 4.69) is 11.8 Å². The molecule has 2 fully saturated rings. The lowest BCUT2D eigenvalue weighted by atomic mass is 9.79. The van der Waals surface area contributed by atoms with Crippen molar-refractivity contribution in [2.24, 2.45) is 5.92 Å². The van der Waals surface area contributed by atoms with Gasteiger partial charge in [-0.25, -0.2) is 0 Å². The summed E-state index contributed by atoms with van der Waals surface area (Å²) in [5.41, 5.74) is 0. The second kappa shape index (κ2) is 5.17. The van der Waals surface area contributed by atoms with Gasteiger partial charge < -0.3 is 4.74 Å². The van der Waals surface area contributed by atoms with Crippen LogP contribution in [0.3, 0.4) is 0 Å². The molecule has 0 bridgehead atoms. The summed E-state index contributed by atoms with van der Waals surface area (Å²) in [4.78, 5) is 14.2. The number of carbonyl (C=O) groups excluding carboxylic acids is 1. The maximum Gasteiger partial charge on any atom is 0.323 e. The summed E-state index contributed by atoms with van der Waals surface area (Å²) in [6.07, 6.45) is 7.26. The molecule has 0 radical (unpaired) electrons. The Labute approximate surface area is 98.1 Å². The van der Waals surface area contributed by atoms with Gasteiger partial charge in [0.2, 0.25) is 0 Å². The van der Waals surface area contributed by atoms with E-state index in [1.807, 2.05) is 0 Å². The average Bonchev–Trinajstić information content (AvgIpc) is 2.36. The predicted molar refractivity (Wildman–Crippen MR) is 63.2 cm³/mol. The fourth-order valence-electron chi connectivity index (χ4n) is 3.47. The van der Waals surface area contributed by atoms with Crippen LogP contribution in [0.25, 0.3) is 0 Å². The van der Waals surface area contributed by atoms with Crippen molar-refractivity contribution in [3.8, 4) is 0 Å².